The van der Waals surface area contributed by atoms with Crippen molar-refractivity contribution in [3.05, 3.63) is 88.9 Å². The molecule has 0 saturated heterocycles. The van der Waals surface area contributed by atoms with Crippen LogP contribution in [0.1, 0.15) is 47.3 Å². The Labute approximate surface area is 188 Å². The summed E-state index contributed by atoms with van der Waals surface area (Å²) in [5.74, 6) is 6.49. The highest BCUT2D eigenvalue weighted by Gasteiger charge is 2.18. The topological polar surface area (TPSA) is 62.9 Å². The Kier molecular flexibility index (Phi) is 6.94. The van der Waals surface area contributed by atoms with Crippen LogP contribution in [0.25, 0.3) is 0 Å². The molecule has 0 amide bonds. The summed E-state index contributed by atoms with van der Waals surface area (Å²) in [6.45, 7) is 5.02. The number of hydrogen-bond donors (Lipinski definition) is 1. The molecule has 2 aromatic carbocycles. The van der Waals surface area contributed by atoms with Crippen molar-refractivity contribution in [2.24, 2.45) is 0 Å². The molecule has 32 heavy (non-hydrogen) atoms. The molecule has 2 heterocycles. The van der Waals surface area contributed by atoms with Crippen LogP contribution in [0.5, 0.6) is 5.75 Å². The summed E-state index contributed by atoms with van der Waals surface area (Å²) in [6.07, 6.45) is 2.73. The zero-order valence-corrected chi connectivity index (χ0v) is 18.2. The average Bonchev–Trinajstić information content (AvgIpc) is 3.26. The zero-order valence-electron chi connectivity index (χ0n) is 18.2. The first-order valence-corrected chi connectivity index (χ1v) is 10.8. The first kappa shape index (κ1) is 21.7. The number of ether oxygens (including phenoxy) is 1. The van der Waals surface area contributed by atoms with E-state index in [1.165, 1.54) is 11.1 Å². The van der Waals surface area contributed by atoms with Gasteiger partial charge in [-0.05, 0) is 41.8 Å². The van der Waals surface area contributed by atoms with Gasteiger partial charge in [-0.25, -0.2) is 0 Å². The van der Waals surface area contributed by atoms with Crippen molar-refractivity contribution < 1.29 is 19.1 Å². The molecule has 0 bridgehead atoms. The Hall–Kier alpha value is -3.49. The summed E-state index contributed by atoms with van der Waals surface area (Å²) in [5, 5.41) is 9.10. The lowest BCUT2D eigenvalue weighted by molar-refractivity contribution is -0.137. The fourth-order valence-corrected chi connectivity index (χ4v) is 4.08. The number of benzene rings is 2. The quantitative estimate of drug-likeness (QED) is 0.511. The fourth-order valence-electron chi connectivity index (χ4n) is 4.08. The van der Waals surface area contributed by atoms with Gasteiger partial charge in [-0.15, -0.1) is 5.92 Å². The molecule has 5 nitrogen and oxygen atoms in total. The predicted molar refractivity (Wildman–Crippen MR) is 122 cm³/mol. The van der Waals surface area contributed by atoms with Crippen LogP contribution < -0.4 is 4.74 Å². The number of hydrogen-bond acceptors (Lipinski definition) is 4. The zero-order chi connectivity index (χ0) is 22.3. The highest BCUT2D eigenvalue weighted by molar-refractivity contribution is 5.69. The van der Waals surface area contributed by atoms with Gasteiger partial charge in [0.2, 0.25) is 0 Å². The lowest BCUT2D eigenvalue weighted by Crippen LogP contribution is -2.29. The third-order valence-electron chi connectivity index (χ3n) is 5.67. The Morgan fingerprint density at radius 2 is 2.00 bits per heavy atom. The van der Waals surface area contributed by atoms with E-state index in [0.29, 0.717) is 6.61 Å². The molecule has 3 aromatic rings. The van der Waals surface area contributed by atoms with Gasteiger partial charge in [0.25, 0.3) is 0 Å². The van der Waals surface area contributed by atoms with Crippen LogP contribution in [0.15, 0.2) is 65.3 Å². The van der Waals surface area contributed by atoms with Crippen LogP contribution in [-0.4, -0.2) is 22.5 Å². The van der Waals surface area contributed by atoms with Crippen molar-refractivity contribution in [1.82, 2.24) is 4.90 Å². The van der Waals surface area contributed by atoms with E-state index in [1.54, 1.807) is 13.2 Å². The van der Waals surface area contributed by atoms with Crippen LogP contribution >= 0.6 is 0 Å². The molecule has 4 rings (SSSR count). The predicted octanol–water partition coefficient (Wildman–Crippen LogP) is 5.00. The van der Waals surface area contributed by atoms with Gasteiger partial charge < -0.3 is 14.3 Å². The largest absolute Gasteiger partial charge is 0.489 e. The normalized spacial score (nSPS) is 14.2. The number of rotatable bonds is 8. The first-order chi connectivity index (χ1) is 15.6. The van der Waals surface area contributed by atoms with Crippen molar-refractivity contribution in [2.75, 3.05) is 6.54 Å². The van der Waals surface area contributed by atoms with E-state index in [4.69, 9.17) is 14.3 Å². The SMILES string of the molecule is CC#C[C@H](CC(=O)O)c1ccc(OCc2cccc(CN3CCc4occc4C3)c2)cc1. The highest BCUT2D eigenvalue weighted by atomic mass is 16.5. The molecule has 0 spiro atoms. The van der Waals surface area contributed by atoms with Crippen LogP contribution in [0.2, 0.25) is 0 Å². The molecule has 0 aliphatic carbocycles. The number of nitrogens with zero attached hydrogens (tertiary/aromatic N) is 1. The van der Waals surface area contributed by atoms with Crippen molar-refractivity contribution in [2.45, 2.75) is 45.4 Å². The van der Waals surface area contributed by atoms with Crippen LogP contribution in [0, 0.1) is 11.8 Å². The maximum absolute atomic E-state index is 11.1. The molecule has 1 aliphatic heterocycles. The summed E-state index contributed by atoms with van der Waals surface area (Å²) in [7, 11) is 0. The van der Waals surface area contributed by atoms with E-state index < -0.39 is 5.97 Å². The number of aliphatic carboxylic acids is 1. The number of furan rings is 1. The van der Waals surface area contributed by atoms with E-state index in [1.807, 2.05) is 24.3 Å². The van der Waals surface area contributed by atoms with Crippen molar-refractivity contribution >= 4 is 5.97 Å². The monoisotopic (exact) mass is 429 g/mol. The molecule has 0 fully saturated rings. The van der Waals surface area contributed by atoms with Gasteiger partial charge in [-0.1, -0.05) is 42.3 Å². The second-order valence-corrected chi connectivity index (χ2v) is 8.05. The van der Waals surface area contributed by atoms with Crippen LogP contribution in [-0.2, 0) is 30.9 Å². The van der Waals surface area contributed by atoms with E-state index in [9.17, 15) is 4.79 Å². The number of carboxylic acid groups (broad SMARTS) is 1. The standard InChI is InChI=1S/C27H27NO4/c1-2-4-23(16-27(29)30)22-7-9-25(10-8-22)32-19-21-6-3-5-20(15-21)17-28-13-11-26-24(18-28)12-14-31-26/h3,5-10,12,14-15,23H,11,13,16-19H2,1H3,(H,29,30)/t23-/m1/s1. The lowest BCUT2D eigenvalue weighted by atomic mass is 9.96. The van der Waals surface area contributed by atoms with Gasteiger partial charge in [0.1, 0.15) is 18.1 Å². The highest BCUT2D eigenvalue weighted by Crippen LogP contribution is 2.24. The van der Waals surface area contributed by atoms with Gasteiger partial charge in [0.05, 0.1) is 18.6 Å². The molecule has 1 atom stereocenters. The average molecular weight is 430 g/mol. The Bertz CT molecular complexity index is 1120. The summed E-state index contributed by atoms with van der Waals surface area (Å²) in [5.41, 5.74) is 4.56. The van der Waals surface area contributed by atoms with Gasteiger partial charge in [-0.2, -0.15) is 0 Å². The molecule has 1 N–H and O–H groups in total. The molecule has 1 aliphatic rings. The molecule has 0 radical (unpaired) electrons. The molecule has 5 heteroatoms. The minimum absolute atomic E-state index is 0.00718. The maximum Gasteiger partial charge on any atom is 0.304 e. The maximum atomic E-state index is 11.1. The van der Waals surface area contributed by atoms with Crippen molar-refractivity contribution in [3.8, 4) is 17.6 Å². The molecule has 0 saturated carbocycles. The number of fused-ring (bicyclic) bond motifs is 1. The second kappa shape index (κ2) is 10.2. The van der Waals surface area contributed by atoms with Crippen molar-refractivity contribution in [1.29, 1.82) is 0 Å². The third kappa shape index (κ3) is 5.60. The lowest BCUT2D eigenvalue weighted by Gasteiger charge is -2.26. The van der Waals surface area contributed by atoms with Crippen LogP contribution in [0.4, 0.5) is 0 Å². The first-order valence-electron chi connectivity index (χ1n) is 10.8. The van der Waals surface area contributed by atoms with Gasteiger partial charge in [-0.3, -0.25) is 9.69 Å². The molecule has 1 aromatic heterocycles. The van der Waals surface area contributed by atoms with Crippen LogP contribution in [0.3, 0.4) is 0 Å². The Balaban J connectivity index is 1.34. The third-order valence-corrected chi connectivity index (χ3v) is 5.67. The molecular formula is C27H27NO4. The van der Waals surface area contributed by atoms with E-state index >= 15 is 0 Å². The summed E-state index contributed by atoms with van der Waals surface area (Å²) < 4.78 is 11.5. The van der Waals surface area contributed by atoms with E-state index in [0.717, 1.165) is 48.7 Å². The van der Waals surface area contributed by atoms with Crippen molar-refractivity contribution in [3.63, 3.8) is 0 Å². The fraction of sp³-hybridized carbons (Fsp3) is 0.296. The summed E-state index contributed by atoms with van der Waals surface area (Å²) in [4.78, 5) is 13.5. The van der Waals surface area contributed by atoms with Gasteiger partial charge in [0, 0.05) is 31.6 Å². The smallest absolute Gasteiger partial charge is 0.304 e. The van der Waals surface area contributed by atoms with E-state index in [2.05, 4.69) is 47.1 Å². The van der Waals surface area contributed by atoms with Gasteiger partial charge in [0.15, 0.2) is 0 Å². The Morgan fingerprint density at radius 1 is 1.19 bits per heavy atom. The number of carbonyl (C=O) groups is 1. The van der Waals surface area contributed by atoms with E-state index in [-0.39, 0.29) is 12.3 Å². The molecule has 164 valence electrons. The van der Waals surface area contributed by atoms with Gasteiger partial charge >= 0.3 is 5.97 Å². The minimum atomic E-state index is -0.854. The second-order valence-electron chi connectivity index (χ2n) is 8.05. The number of carboxylic acids is 1. The minimum Gasteiger partial charge on any atom is -0.489 e. The summed E-state index contributed by atoms with van der Waals surface area (Å²) in [6, 6.07) is 18.1. The molecule has 0 unspecified atom stereocenters. The summed E-state index contributed by atoms with van der Waals surface area (Å²) >= 11 is 0. The Morgan fingerprint density at radius 3 is 2.78 bits per heavy atom. The molecular weight excluding hydrogens is 402 g/mol.